The molecule has 4 rings (SSSR count). The standard InChI is InChI=1S/C35H58O7/c1-4-13-27-20-23-34(2,26-27)21-12-14-28-18-19-30(36)29(28)15-6-5-9-22-35(33(37)38-3,41-31-16-7-10-24-39-31)42-32-17-8-11-25-40-32/h5-6,12,14,27-32,36H,4,7-11,13,15-26H2,1-3H3/b6-5-,14-12+/t27?,28-,29+,30-,31?,32?,34?,35?/m0/s1. The fourth-order valence-electron chi connectivity index (χ4n) is 7.65. The van der Waals surface area contributed by atoms with Crippen LogP contribution in [-0.4, -0.2) is 55.9 Å². The van der Waals surface area contributed by atoms with E-state index >= 15 is 0 Å². The molecular formula is C35H58O7. The fourth-order valence-corrected chi connectivity index (χ4v) is 7.65. The van der Waals surface area contributed by atoms with Crippen molar-refractivity contribution in [1.82, 2.24) is 0 Å². The minimum Gasteiger partial charge on any atom is -0.465 e. The van der Waals surface area contributed by atoms with Crippen LogP contribution in [0.1, 0.15) is 123 Å². The Bertz CT molecular complexity index is 839. The monoisotopic (exact) mass is 590 g/mol. The molecule has 0 aromatic rings. The first-order valence-electron chi connectivity index (χ1n) is 17.0. The molecule has 2 aliphatic carbocycles. The predicted molar refractivity (Wildman–Crippen MR) is 163 cm³/mol. The van der Waals surface area contributed by atoms with Crippen molar-refractivity contribution in [2.45, 2.75) is 147 Å². The molecule has 240 valence electrons. The van der Waals surface area contributed by atoms with Crippen LogP contribution in [0.4, 0.5) is 0 Å². The quantitative estimate of drug-likeness (QED) is 0.119. The van der Waals surface area contributed by atoms with E-state index in [2.05, 4.69) is 38.2 Å². The summed E-state index contributed by atoms with van der Waals surface area (Å²) in [6.07, 6.45) is 24.6. The van der Waals surface area contributed by atoms with E-state index in [1.165, 1.54) is 39.2 Å². The van der Waals surface area contributed by atoms with Gasteiger partial charge in [0.2, 0.25) is 0 Å². The molecule has 4 fully saturated rings. The molecule has 0 radical (unpaired) electrons. The number of hydrogen-bond acceptors (Lipinski definition) is 7. The van der Waals surface area contributed by atoms with E-state index < -0.39 is 24.3 Å². The maximum absolute atomic E-state index is 13.2. The highest BCUT2D eigenvalue weighted by molar-refractivity contribution is 5.77. The lowest BCUT2D eigenvalue weighted by Crippen LogP contribution is -2.51. The first-order valence-corrected chi connectivity index (χ1v) is 17.0. The highest BCUT2D eigenvalue weighted by atomic mass is 16.8. The maximum Gasteiger partial charge on any atom is 0.366 e. The zero-order valence-electron chi connectivity index (χ0n) is 26.6. The van der Waals surface area contributed by atoms with Gasteiger partial charge in [-0.15, -0.1) is 0 Å². The number of esters is 1. The Hall–Kier alpha value is -1.25. The van der Waals surface area contributed by atoms with Crippen molar-refractivity contribution in [2.75, 3.05) is 20.3 Å². The van der Waals surface area contributed by atoms with Crippen LogP contribution in [0.5, 0.6) is 0 Å². The molecule has 2 saturated carbocycles. The Kier molecular flexibility index (Phi) is 13.4. The van der Waals surface area contributed by atoms with Crippen molar-refractivity contribution in [3.63, 3.8) is 0 Å². The van der Waals surface area contributed by atoms with Crippen LogP contribution >= 0.6 is 0 Å². The molecule has 42 heavy (non-hydrogen) atoms. The lowest BCUT2D eigenvalue weighted by atomic mass is 9.82. The summed E-state index contributed by atoms with van der Waals surface area (Å²) in [6, 6.07) is 0. The van der Waals surface area contributed by atoms with E-state index in [1.807, 2.05) is 0 Å². The molecule has 0 spiro atoms. The second-order valence-electron chi connectivity index (χ2n) is 13.6. The molecule has 0 amide bonds. The Labute approximate surface area is 254 Å². The van der Waals surface area contributed by atoms with Crippen LogP contribution < -0.4 is 0 Å². The smallest absolute Gasteiger partial charge is 0.366 e. The third-order valence-electron chi connectivity index (χ3n) is 10.1. The third-order valence-corrected chi connectivity index (χ3v) is 10.1. The van der Waals surface area contributed by atoms with E-state index in [4.69, 9.17) is 23.7 Å². The molecule has 4 aliphatic rings. The van der Waals surface area contributed by atoms with E-state index in [9.17, 15) is 9.90 Å². The van der Waals surface area contributed by atoms with Gasteiger partial charge in [-0.1, -0.05) is 51.0 Å². The third kappa shape index (κ3) is 9.62. The molecule has 0 aromatic carbocycles. The van der Waals surface area contributed by atoms with Gasteiger partial charge in [-0.05, 0) is 113 Å². The summed E-state index contributed by atoms with van der Waals surface area (Å²) in [4.78, 5) is 13.2. The summed E-state index contributed by atoms with van der Waals surface area (Å²) >= 11 is 0. The minimum atomic E-state index is -1.58. The first-order chi connectivity index (χ1) is 20.4. The molecule has 7 atom stereocenters. The summed E-state index contributed by atoms with van der Waals surface area (Å²) in [6.45, 7) is 5.98. The Morgan fingerprint density at radius 2 is 1.69 bits per heavy atom. The first kappa shape index (κ1) is 33.6. The SMILES string of the molecule is CCCC1CCC(C)(C/C=C/[C@H]2CC[C@H](O)[C@@H]2C/C=C\CCC(OC2CCCCO2)(OC2CCCCO2)C(=O)OC)C1. The summed E-state index contributed by atoms with van der Waals surface area (Å²) in [5, 5.41) is 10.8. The van der Waals surface area contributed by atoms with Gasteiger partial charge in [0.1, 0.15) is 0 Å². The number of carbonyl (C=O) groups excluding carboxylic acids is 1. The van der Waals surface area contributed by atoms with Crippen LogP contribution in [-0.2, 0) is 28.5 Å². The number of allylic oxidation sites excluding steroid dienone is 4. The minimum absolute atomic E-state index is 0.228. The zero-order valence-corrected chi connectivity index (χ0v) is 26.6. The number of rotatable bonds is 15. The highest BCUT2D eigenvalue weighted by Gasteiger charge is 2.47. The lowest BCUT2D eigenvalue weighted by molar-refractivity contribution is -0.352. The summed E-state index contributed by atoms with van der Waals surface area (Å²) in [5.41, 5.74) is 0.435. The molecule has 2 saturated heterocycles. The molecule has 0 bridgehead atoms. The van der Waals surface area contributed by atoms with Crippen LogP contribution in [0, 0.1) is 23.2 Å². The fraction of sp³-hybridized carbons (Fsp3) is 0.857. The number of carbonyl (C=O) groups is 1. The largest absolute Gasteiger partial charge is 0.465 e. The summed E-state index contributed by atoms with van der Waals surface area (Å²) in [5.74, 6) is -0.584. The van der Waals surface area contributed by atoms with Gasteiger partial charge in [-0.2, -0.15) is 0 Å². The van der Waals surface area contributed by atoms with Crippen LogP contribution in [0.3, 0.4) is 0 Å². The van der Waals surface area contributed by atoms with Crippen LogP contribution in [0.25, 0.3) is 0 Å². The van der Waals surface area contributed by atoms with Gasteiger partial charge < -0.3 is 28.8 Å². The van der Waals surface area contributed by atoms with Crippen molar-refractivity contribution in [2.24, 2.45) is 23.2 Å². The molecule has 0 aromatic heterocycles. The van der Waals surface area contributed by atoms with Gasteiger partial charge in [0.05, 0.1) is 13.2 Å². The van der Waals surface area contributed by atoms with Gasteiger partial charge >= 0.3 is 5.97 Å². The van der Waals surface area contributed by atoms with Gasteiger partial charge in [0, 0.05) is 19.6 Å². The number of hydrogen-bond donors (Lipinski definition) is 1. The van der Waals surface area contributed by atoms with Gasteiger partial charge in [0.15, 0.2) is 12.6 Å². The average molecular weight is 591 g/mol. The Morgan fingerprint density at radius 1 is 0.976 bits per heavy atom. The zero-order chi connectivity index (χ0) is 29.8. The van der Waals surface area contributed by atoms with Crippen molar-refractivity contribution in [1.29, 1.82) is 0 Å². The van der Waals surface area contributed by atoms with Crippen molar-refractivity contribution in [3.05, 3.63) is 24.3 Å². The highest BCUT2D eigenvalue weighted by Crippen LogP contribution is 2.46. The number of methoxy groups -OCH3 is 1. The molecule has 2 aliphatic heterocycles. The van der Waals surface area contributed by atoms with Gasteiger partial charge in [-0.3, -0.25) is 0 Å². The number of aliphatic hydroxyl groups is 1. The lowest BCUT2D eigenvalue weighted by Gasteiger charge is -2.38. The van der Waals surface area contributed by atoms with Crippen LogP contribution in [0.15, 0.2) is 24.3 Å². The van der Waals surface area contributed by atoms with E-state index in [-0.39, 0.29) is 12.0 Å². The van der Waals surface area contributed by atoms with E-state index in [1.54, 1.807) is 0 Å². The van der Waals surface area contributed by atoms with Gasteiger partial charge in [-0.25, -0.2) is 4.79 Å². The second-order valence-corrected chi connectivity index (χ2v) is 13.6. The summed E-state index contributed by atoms with van der Waals surface area (Å²) < 4.78 is 29.4. The average Bonchev–Trinajstić information content (AvgIpc) is 3.54. The Morgan fingerprint density at radius 3 is 2.31 bits per heavy atom. The molecule has 7 nitrogen and oxygen atoms in total. The van der Waals surface area contributed by atoms with Crippen molar-refractivity contribution in [3.8, 4) is 0 Å². The molecule has 2 heterocycles. The number of aliphatic hydroxyl groups excluding tert-OH is 1. The van der Waals surface area contributed by atoms with Crippen LogP contribution in [0.2, 0.25) is 0 Å². The van der Waals surface area contributed by atoms with Crippen molar-refractivity contribution >= 4 is 5.97 Å². The summed E-state index contributed by atoms with van der Waals surface area (Å²) in [7, 11) is 1.37. The molecule has 4 unspecified atom stereocenters. The van der Waals surface area contributed by atoms with E-state index in [0.29, 0.717) is 37.4 Å². The second kappa shape index (κ2) is 16.7. The topological polar surface area (TPSA) is 83.5 Å². The van der Waals surface area contributed by atoms with Gasteiger partial charge in [0.25, 0.3) is 5.79 Å². The maximum atomic E-state index is 13.2. The Balaban J connectivity index is 1.32. The number of ether oxygens (including phenoxy) is 5. The van der Waals surface area contributed by atoms with E-state index in [0.717, 1.165) is 70.1 Å². The normalized spacial score (nSPS) is 35.6. The molecular weight excluding hydrogens is 532 g/mol. The predicted octanol–water partition coefficient (Wildman–Crippen LogP) is 7.61. The molecule has 7 heteroatoms. The molecule has 1 N–H and O–H groups in total. The van der Waals surface area contributed by atoms with Crippen molar-refractivity contribution < 1.29 is 33.6 Å².